The van der Waals surface area contributed by atoms with E-state index in [4.69, 9.17) is 9.88 Å². The molecule has 0 fully saturated rings. The van der Waals surface area contributed by atoms with Gasteiger partial charge in [0, 0.05) is 6.07 Å². The fourth-order valence-corrected chi connectivity index (χ4v) is 2.10. The molecule has 0 bridgehead atoms. The van der Waals surface area contributed by atoms with E-state index in [2.05, 4.69) is 0 Å². The predicted octanol–water partition coefficient (Wildman–Crippen LogP) is 1.97. The zero-order valence-corrected chi connectivity index (χ0v) is 11.2. The van der Waals surface area contributed by atoms with Crippen molar-refractivity contribution in [3.63, 3.8) is 0 Å². The standard InChI is InChI=1S/C12H18FNO3S/c1-10-5-6-11(13)9-12(10)17-7-3-2-4-8-18(14,15)16/h5-6,9H,2-4,7-8H2,1H3,(H2,14,15,16). The average Bonchev–Trinajstić information content (AvgIpc) is 2.26. The molecule has 0 spiro atoms. The fraction of sp³-hybridized carbons (Fsp3) is 0.500. The van der Waals surface area contributed by atoms with Crippen LogP contribution in [0.2, 0.25) is 0 Å². The molecule has 2 N–H and O–H groups in total. The maximum atomic E-state index is 12.9. The summed E-state index contributed by atoms with van der Waals surface area (Å²) in [6, 6.07) is 4.39. The van der Waals surface area contributed by atoms with Crippen LogP contribution in [-0.4, -0.2) is 20.8 Å². The number of ether oxygens (including phenoxy) is 1. The van der Waals surface area contributed by atoms with E-state index in [1.165, 1.54) is 12.1 Å². The van der Waals surface area contributed by atoms with E-state index in [1.54, 1.807) is 6.07 Å². The van der Waals surface area contributed by atoms with E-state index in [0.717, 1.165) is 5.56 Å². The molecule has 0 aliphatic carbocycles. The van der Waals surface area contributed by atoms with Gasteiger partial charge in [-0.1, -0.05) is 6.07 Å². The number of rotatable bonds is 7. The van der Waals surface area contributed by atoms with Crippen LogP contribution in [0.25, 0.3) is 0 Å². The second kappa shape index (κ2) is 6.70. The molecule has 0 aromatic heterocycles. The van der Waals surface area contributed by atoms with Gasteiger partial charge in [-0.25, -0.2) is 17.9 Å². The van der Waals surface area contributed by atoms with Gasteiger partial charge in [-0.15, -0.1) is 0 Å². The summed E-state index contributed by atoms with van der Waals surface area (Å²) in [5.41, 5.74) is 0.876. The molecule has 0 saturated heterocycles. The van der Waals surface area contributed by atoms with Crippen molar-refractivity contribution in [3.05, 3.63) is 29.6 Å². The van der Waals surface area contributed by atoms with E-state index < -0.39 is 10.0 Å². The number of unbranched alkanes of at least 4 members (excludes halogenated alkanes) is 2. The monoisotopic (exact) mass is 275 g/mol. The van der Waals surface area contributed by atoms with E-state index >= 15 is 0 Å². The summed E-state index contributed by atoms with van der Waals surface area (Å²) < 4.78 is 39.7. The zero-order chi connectivity index (χ0) is 13.6. The molecule has 0 heterocycles. The van der Waals surface area contributed by atoms with E-state index in [9.17, 15) is 12.8 Å². The summed E-state index contributed by atoms with van der Waals surface area (Å²) in [4.78, 5) is 0. The molecule has 0 radical (unpaired) electrons. The lowest BCUT2D eigenvalue weighted by molar-refractivity contribution is 0.303. The van der Waals surface area contributed by atoms with Crippen molar-refractivity contribution in [1.29, 1.82) is 0 Å². The minimum Gasteiger partial charge on any atom is -0.493 e. The summed E-state index contributed by atoms with van der Waals surface area (Å²) in [5.74, 6) is 0.192. The van der Waals surface area contributed by atoms with Gasteiger partial charge in [0.1, 0.15) is 11.6 Å². The second-order valence-electron chi connectivity index (χ2n) is 4.19. The van der Waals surface area contributed by atoms with Crippen LogP contribution in [0.15, 0.2) is 18.2 Å². The van der Waals surface area contributed by atoms with Crippen LogP contribution in [0.5, 0.6) is 5.75 Å². The molecule has 1 aromatic rings. The Kier molecular flexibility index (Phi) is 5.55. The Bertz CT molecular complexity index is 488. The highest BCUT2D eigenvalue weighted by Gasteiger charge is 2.03. The lowest BCUT2D eigenvalue weighted by Crippen LogP contribution is -2.16. The number of hydrogen-bond acceptors (Lipinski definition) is 3. The van der Waals surface area contributed by atoms with Crippen LogP contribution in [0, 0.1) is 12.7 Å². The highest BCUT2D eigenvalue weighted by molar-refractivity contribution is 7.89. The molecular formula is C12H18FNO3S. The van der Waals surface area contributed by atoms with E-state index in [-0.39, 0.29) is 11.6 Å². The Labute approximate surface area is 107 Å². The Morgan fingerprint density at radius 1 is 1.28 bits per heavy atom. The number of halogens is 1. The molecule has 0 saturated carbocycles. The van der Waals surface area contributed by atoms with Gasteiger partial charge in [0.05, 0.1) is 12.4 Å². The lowest BCUT2D eigenvalue weighted by atomic mass is 10.2. The quantitative estimate of drug-likeness (QED) is 0.773. The van der Waals surface area contributed by atoms with Crippen molar-refractivity contribution in [3.8, 4) is 5.75 Å². The Morgan fingerprint density at radius 2 is 2.00 bits per heavy atom. The van der Waals surface area contributed by atoms with Gasteiger partial charge in [-0.2, -0.15) is 0 Å². The first-order chi connectivity index (χ1) is 8.38. The molecule has 102 valence electrons. The largest absolute Gasteiger partial charge is 0.493 e. The van der Waals surface area contributed by atoms with Gasteiger partial charge in [-0.3, -0.25) is 0 Å². The highest BCUT2D eigenvalue weighted by Crippen LogP contribution is 2.19. The molecule has 0 aliphatic heterocycles. The third-order valence-electron chi connectivity index (χ3n) is 2.48. The molecular weight excluding hydrogens is 257 g/mol. The maximum absolute atomic E-state index is 12.9. The van der Waals surface area contributed by atoms with Gasteiger partial charge in [-0.05, 0) is 37.8 Å². The van der Waals surface area contributed by atoms with Crippen LogP contribution < -0.4 is 9.88 Å². The lowest BCUT2D eigenvalue weighted by Gasteiger charge is -2.08. The van der Waals surface area contributed by atoms with Crippen molar-refractivity contribution in [2.45, 2.75) is 26.2 Å². The number of hydrogen-bond donors (Lipinski definition) is 1. The first kappa shape index (κ1) is 14.9. The molecule has 0 amide bonds. The smallest absolute Gasteiger partial charge is 0.209 e. The SMILES string of the molecule is Cc1ccc(F)cc1OCCCCCS(N)(=O)=O. The topological polar surface area (TPSA) is 69.4 Å². The summed E-state index contributed by atoms with van der Waals surface area (Å²) in [7, 11) is -3.37. The van der Waals surface area contributed by atoms with Gasteiger partial charge in [0.2, 0.25) is 10.0 Å². The molecule has 0 atom stereocenters. The fourth-order valence-electron chi connectivity index (χ4n) is 1.49. The van der Waals surface area contributed by atoms with Gasteiger partial charge in [0.15, 0.2) is 0 Å². The molecule has 1 aromatic carbocycles. The van der Waals surface area contributed by atoms with E-state index in [0.29, 0.717) is 31.6 Å². The Balaban J connectivity index is 2.24. The van der Waals surface area contributed by atoms with Crippen LogP contribution in [0.1, 0.15) is 24.8 Å². The third-order valence-corrected chi connectivity index (χ3v) is 3.34. The first-order valence-corrected chi connectivity index (χ1v) is 7.49. The Morgan fingerprint density at radius 3 is 2.67 bits per heavy atom. The maximum Gasteiger partial charge on any atom is 0.209 e. The molecule has 4 nitrogen and oxygen atoms in total. The van der Waals surface area contributed by atoms with Gasteiger partial charge < -0.3 is 4.74 Å². The predicted molar refractivity (Wildman–Crippen MR) is 68.5 cm³/mol. The van der Waals surface area contributed by atoms with Gasteiger partial charge in [0.25, 0.3) is 0 Å². The highest BCUT2D eigenvalue weighted by atomic mass is 32.2. The van der Waals surface area contributed by atoms with Crippen molar-refractivity contribution in [2.24, 2.45) is 5.14 Å². The molecule has 1 rings (SSSR count). The van der Waals surface area contributed by atoms with Crippen LogP contribution in [0.3, 0.4) is 0 Å². The van der Waals surface area contributed by atoms with Crippen molar-refractivity contribution in [2.75, 3.05) is 12.4 Å². The van der Waals surface area contributed by atoms with Crippen LogP contribution in [0.4, 0.5) is 4.39 Å². The Hall–Kier alpha value is -1.14. The zero-order valence-electron chi connectivity index (χ0n) is 10.4. The van der Waals surface area contributed by atoms with Gasteiger partial charge >= 0.3 is 0 Å². The summed E-state index contributed by atoms with van der Waals surface area (Å²) in [6.45, 7) is 2.28. The van der Waals surface area contributed by atoms with Crippen LogP contribution in [-0.2, 0) is 10.0 Å². The number of benzene rings is 1. The summed E-state index contributed by atoms with van der Waals surface area (Å²) in [6.07, 6.45) is 1.95. The molecule has 18 heavy (non-hydrogen) atoms. The van der Waals surface area contributed by atoms with Crippen LogP contribution >= 0.6 is 0 Å². The third kappa shape index (κ3) is 5.97. The number of sulfonamides is 1. The minimum absolute atomic E-state index is 0.00794. The number of aryl methyl sites for hydroxylation is 1. The van der Waals surface area contributed by atoms with Crippen molar-refractivity contribution in [1.82, 2.24) is 0 Å². The van der Waals surface area contributed by atoms with E-state index in [1.807, 2.05) is 6.92 Å². The van der Waals surface area contributed by atoms with Crippen molar-refractivity contribution >= 4 is 10.0 Å². The second-order valence-corrected chi connectivity index (χ2v) is 5.92. The summed E-state index contributed by atoms with van der Waals surface area (Å²) in [5, 5.41) is 4.88. The van der Waals surface area contributed by atoms with Crippen molar-refractivity contribution < 1.29 is 17.5 Å². The molecule has 0 unspecified atom stereocenters. The number of nitrogens with two attached hydrogens (primary N) is 1. The first-order valence-electron chi connectivity index (χ1n) is 5.78. The minimum atomic E-state index is -3.37. The normalized spacial score (nSPS) is 11.5. The number of primary sulfonamides is 1. The molecule has 0 aliphatic rings. The average molecular weight is 275 g/mol. The summed E-state index contributed by atoms with van der Waals surface area (Å²) >= 11 is 0. The molecule has 6 heteroatoms.